The molecule has 0 saturated heterocycles. The van der Waals surface area contributed by atoms with Gasteiger partial charge in [-0.15, -0.1) is 24.8 Å². The summed E-state index contributed by atoms with van der Waals surface area (Å²) in [7, 11) is 1.35. The number of aliphatic imine (C=N–C) groups is 1. The number of nitrogens with zero attached hydrogens (tertiary/aromatic N) is 1. The molecule has 0 heterocycles. The van der Waals surface area contributed by atoms with E-state index in [0.29, 0.717) is 19.4 Å². The maximum absolute atomic E-state index is 10.2. The van der Waals surface area contributed by atoms with E-state index in [-0.39, 0.29) is 36.7 Å². The lowest BCUT2D eigenvalue weighted by atomic mass is 10.2. The maximum Gasteiger partial charge on any atom is 0.320 e. The molecule has 0 radical (unpaired) electrons. The second-order valence-electron chi connectivity index (χ2n) is 3.09. The van der Waals surface area contributed by atoms with Gasteiger partial charge in [0.05, 0.1) is 7.11 Å². The Kier molecular flexibility index (Phi) is 23.2. The zero-order valence-corrected chi connectivity index (χ0v) is 12.5. The molecule has 0 bridgehead atoms. The van der Waals surface area contributed by atoms with Gasteiger partial charge in [-0.25, -0.2) is 0 Å². The van der Waals surface area contributed by atoms with Crippen molar-refractivity contribution in [1.82, 2.24) is 0 Å². The Balaban J connectivity index is -0.000000139. The number of carboxylic acids is 1. The average molecular weight is 321 g/mol. The largest absolute Gasteiger partial charge is 0.480 e. The first-order valence-corrected chi connectivity index (χ1v) is 4.89. The number of methoxy groups -OCH3 is 1. The molecule has 0 spiro atoms. The molecule has 0 aromatic heterocycles. The van der Waals surface area contributed by atoms with Gasteiger partial charge in [-0.1, -0.05) is 0 Å². The number of nitrogens with two attached hydrogens (primary N) is 3. The van der Waals surface area contributed by atoms with Crippen LogP contribution in [-0.4, -0.2) is 42.7 Å². The Bertz CT molecular complexity index is 273. The number of guanidine groups is 1. The lowest BCUT2D eigenvalue weighted by molar-refractivity contribution is -0.139. The van der Waals surface area contributed by atoms with Gasteiger partial charge < -0.3 is 27.0 Å². The van der Waals surface area contributed by atoms with E-state index in [0.717, 1.165) is 0 Å². The zero-order valence-electron chi connectivity index (χ0n) is 10.9. The Hall–Kier alpha value is -1.25. The van der Waals surface area contributed by atoms with Gasteiger partial charge in [-0.3, -0.25) is 14.6 Å². The molecule has 0 aromatic rings. The van der Waals surface area contributed by atoms with Crippen LogP contribution in [0.3, 0.4) is 0 Å². The van der Waals surface area contributed by atoms with Crippen LogP contribution in [0.4, 0.5) is 0 Å². The van der Waals surface area contributed by atoms with Crippen molar-refractivity contribution in [2.75, 3.05) is 13.7 Å². The van der Waals surface area contributed by atoms with Crippen molar-refractivity contribution in [3.8, 4) is 0 Å². The van der Waals surface area contributed by atoms with Crippen LogP contribution in [0.5, 0.6) is 0 Å². The number of rotatable bonds is 5. The summed E-state index contributed by atoms with van der Waals surface area (Å²) in [5, 5.41) is 8.38. The standard InChI is InChI=1S/C6H14N4O2.C3H6O2.2ClH/c7-4(5(11)12)2-1-3-10-6(8)9;1-3(4)5-2;;/h4H,1-3,7H2,(H,11,12)(H4,8,9,10);1-2H3;2*1H/t4-;;;/m0.../s1. The Morgan fingerprint density at radius 1 is 1.32 bits per heavy atom. The van der Waals surface area contributed by atoms with Crippen LogP contribution in [0.15, 0.2) is 4.99 Å². The summed E-state index contributed by atoms with van der Waals surface area (Å²) >= 11 is 0. The maximum atomic E-state index is 10.2. The number of carbonyl (C=O) groups excluding carboxylic acids is 1. The number of aliphatic carboxylic acids is 1. The molecule has 0 aliphatic rings. The van der Waals surface area contributed by atoms with Crippen LogP contribution in [0.25, 0.3) is 0 Å². The first-order chi connectivity index (χ1) is 7.81. The Morgan fingerprint density at radius 3 is 2.00 bits per heavy atom. The number of carboxylic acid groups (broad SMARTS) is 1. The van der Waals surface area contributed by atoms with Gasteiger partial charge in [0.2, 0.25) is 0 Å². The monoisotopic (exact) mass is 320 g/mol. The molecule has 0 aliphatic carbocycles. The molecule has 0 aromatic carbocycles. The minimum absolute atomic E-state index is 0. The van der Waals surface area contributed by atoms with Crippen LogP contribution < -0.4 is 17.2 Å². The summed E-state index contributed by atoms with van der Waals surface area (Å²) in [6.45, 7) is 1.78. The number of ether oxygens (including phenoxy) is 1. The first-order valence-electron chi connectivity index (χ1n) is 4.89. The fourth-order valence-electron chi connectivity index (χ4n) is 0.643. The molecule has 0 rings (SSSR count). The third-order valence-electron chi connectivity index (χ3n) is 1.57. The summed E-state index contributed by atoms with van der Waals surface area (Å²) in [5.41, 5.74) is 15.3. The summed E-state index contributed by atoms with van der Waals surface area (Å²) in [6, 6.07) is -0.820. The van der Waals surface area contributed by atoms with Crippen molar-refractivity contribution in [3.05, 3.63) is 0 Å². The second-order valence-corrected chi connectivity index (χ2v) is 3.09. The normalized spacial score (nSPS) is 9.42. The molecule has 0 fully saturated rings. The molecule has 7 N–H and O–H groups in total. The third kappa shape index (κ3) is 26.4. The zero-order chi connectivity index (χ0) is 13.8. The van der Waals surface area contributed by atoms with E-state index < -0.39 is 12.0 Å². The predicted octanol–water partition coefficient (Wildman–Crippen LogP) is -0.525. The van der Waals surface area contributed by atoms with Crippen LogP contribution in [0.2, 0.25) is 0 Å². The lowest BCUT2D eigenvalue weighted by Crippen LogP contribution is -2.30. The quantitative estimate of drug-likeness (QED) is 0.230. The van der Waals surface area contributed by atoms with E-state index in [4.69, 9.17) is 22.3 Å². The molecular weight excluding hydrogens is 299 g/mol. The number of esters is 1. The van der Waals surface area contributed by atoms with Crippen molar-refractivity contribution in [3.63, 3.8) is 0 Å². The van der Waals surface area contributed by atoms with Crippen LogP contribution in [-0.2, 0) is 14.3 Å². The van der Waals surface area contributed by atoms with Crippen LogP contribution in [0.1, 0.15) is 19.8 Å². The van der Waals surface area contributed by atoms with Crippen LogP contribution in [0, 0.1) is 0 Å². The molecule has 0 unspecified atom stereocenters. The third-order valence-corrected chi connectivity index (χ3v) is 1.57. The van der Waals surface area contributed by atoms with Gasteiger partial charge in [-0.05, 0) is 12.8 Å². The topological polar surface area (TPSA) is 154 Å². The molecule has 116 valence electrons. The van der Waals surface area contributed by atoms with Gasteiger partial charge in [-0.2, -0.15) is 0 Å². The van der Waals surface area contributed by atoms with Crippen molar-refractivity contribution in [2.45, 2.75) is 25.8 Å². The van der Waals surface area contributed by atoms with Gasteiger partial charge >= 0.3 is 11.9 Å². The van der Waals surface area contributed by atoms with E-state index >= 15 is 0 Å². The fraction of sp³-hybridized carbons (Fsp3) is 0.667. The number of hydrogen-bond acceptors (Lipinski definition) is 5. The molecule has 1 atom stereocenters. The molecular formula is C9H22Cl2N4O4. The van der Waals surface area contributed by atoms with E-state index in [1.165, 1.54) is 14.0 Å². The van der Waals surface area contributed by atoms with Crippen molar-refractivity contribution in [1.29, 1.82) is 0 Å². The molecule has 0 saturated carbocycles. The summed E-state index contributed by atoms with van der Waals surface area (Å²) in [5.74, 6) is -1.23. The Labute approximate surface area is 124 Å². The van der Waals surface area contributed by atoms with E-state index in [9.17, 15) is 9.59 Å². The van der Waals surface area contributed by atoms with Crippen molar-refractivity contribution < 1.29 is 19.4 Å². The average Bonchev–Trinajstić information content (AvgIpc) is 2.24. The fourth-order valence-corrected chi connectivity index (χ4v) is 0.643. The van der Waals surface area contributed by atoms with Gasteiger partial charge in [0.15, 0.2) is 5.96 Å². The van der Waals surface area contributed by atoms with Crippen molar-refractivity contribution >= 4 is 42.7 Å². The van der Waals surface area contributed by atoms with E-state index in [1.54, 1.807) is 0 Å². The smallest absolute Gasteiger partial charge is 0.320 e. The van der Waals surface area contributed by atoms with Gasteiger partial charge in [0.25, 0.3) is 0 Å². The molecule has 0 aliphatic heterocycles. The Morgan fingerprint density at radius 2 is 1.74 bits per heavy atom. The lowest BCUT2D eigenvalue weighted by Gasteiger charge is -2.03. The van der Waals surface area contributed by atoms with E-state index in [1.807, 2.05) is 0 Å². The highest BCUT2D eigenvalue weighted by atomic mass is 35.5. The minimum Gasteiger partial charge on any atom is -0.480 e. The van der Waals surface area contributed by atoms with Gasteiger partial charge in [0, 0.05) is 13.5 Å². The van der Waals surface area contributed by atoms with E-state index in [2.05, 4.69) is 9.73 Å². The predicted molar refractivity (Wildman–Crippen MR) is 77.7 cm³/mol. The summed E-state index contributed by atoms with van der Waals surface area (Å²) in [6.07, 6.45) is 0.956. The SMILES string of the molecule is COC(C)=O.Cl.Cl.NC(N)=NCCC[C@H](N)C(=O)O. The molecule has 0 amide bonds. The number of carbonyl (C=O) groups is 2. The first kappa shape index (κ1) is 26.3. The second kappa shape index (κ2) is 16.8. The highest BCUT2D eigenvalue weighted by molar-refractivity contribution is 5.85. The highest BCUT2D eigenvalue weighted by Crippen LogP contribution is 1.94. The highest BCUT2D eigenvalue weighted by Gasteiger charge is 2.09. The molecule has 19 heavy (non-hydrogen) atoms. The summed E-state index contributed by atoms with van der Waals surface area (Å²) in [4.78, 5) is 23.5. The van der Waals surface area contributed by atoms with Gasteiger partial charge in [0.1, 0.15) is 6.04 Å². The number of halogens is 2. The molecule has 8 nitrogen and oxygen atoms in total. The number of hydrogen-bond donors (Lipinski definition) is 4. The minimum atomic E-state index is -1.00. The van der Waals surface area contributed by atoms with Crippen molar-refractivity contribution in [2.24, 2.45) is 22.2 Å². The van der Waals surface area contributed by atoms with Crippen LogP contribution >= 0.6 is 24.8 Å². The summed E-state index contributed by atoms with van der Waals surface area (Å²) < 4.78 is 4.11. The molecule has 10 heteroatoms.